The summed E-state index contributed by atoms with van der Waals surface area (Å²) >= 11 is 0. The van der Waals surface area contributed by atoms with Crippen LogP contribution >= 0.6 is 24.0 Å². The van der Waals surface area contributed by atoms with E-state index in [2.05, 4.69) is 39.6 Å². The maximum absolute atomic E-state index is 13.9. The minimum atomic E-state index is -0.305. The maximum atomic E-state index is 13.9. The highest BCUT2D eigenvalue weighted by molar-refractivity contribution is 14.0. The Balaban J connectivity index is 0.00000385. The van der Waals surface area contributed by atoms with Crippen LogP contribution in [-0.2, 0) is 17.9 Å². The number of methoxy groups -OCH3 is 1. The molecule has 0 unspecified atom stereocenters. The average Bonchev–Trinajstić information content (AvgIpc) is 2.81. The first-order valence-electron chi connectivity index (χ1n) is 11.4. The van der Waals surface area contributed by atoms with Gasteiger partial charge in [0.1, 0.15) is 0 Å². The lowest BCUT2D eigenvalue weighted by Gasteiger charge is -2.33. The maximum Gasteiger partial charge on any atom is 0.191 e. The number of nitrogens with zero attached hydrogens (tertiary/aromatic N) is 2. The summed E-state index contributed by atoms with van der Waals surface area (Å²) in [5.74, 6) is 0.824. The number of hydrogen-bond donors (Lipinski definition) is 2. The normalized spacial score (nSPS) is 15.1. The van der Waals surface area contributed by atoms with Gasteiger partial charge in [0, 0.05) is 32.2 Å². The lowest BCUT2D eigenvalue weighted by Crippen LogP contribution is -2.48. The van der Waals surface area contributed by atoms with Crippen molar-refractivity contribution in [2.24, 2.45) is 4.99 Å². The summed E-state index contributed by atoms with van der Waals surface area (Å²) in [7, 11) is 1.48. The molecule has 0 bridgehead atoms. The molecule has 0 spiro atoms. The molecular weight excluding hydrogens is 534 g/mol. The Kier molecular flexibility index (Phi) is 12.5. The monoisotopic (exact) mass is 570 g/mol. The van der Waals surface area contributed by atoms with Crippen LogP contribution < -0.4 is 15.4 Å². The van der Waals surface area contributed by atoms with Gasteiger partial charge in [-0.25, -0.2) is 4.39 Å². The fraction of sp³-hybridized carbons (Fsp3) is 0.480. The van der Waals surface area contributed by atoms with E-state index in [1.807, 2.05) is 24.3 Å². The molecule has 2 N–H and O–H groups in total. The van der Waals surface area contributed by atoms with E-state index in [-0.39, 0.29) is 35.5 Å². The van der Waals surface area contributed by atoms with Crippen molar-refractivity contribution < 1.29 is 13.9 Å². The van der Waals surface area contributed by atoms with Crippen LogP contribution in [0.15, 0.2) is 53.5 Å². The van der Waals surface area contributed by atoms with Gasteiger partial charge in [0.15, 0.2) is 17.5 Å². The Labute approximate surface area is 214 Å². The standard InChI is InChI=1S/C25H35FN4O2.HI/c1-3-27-25(28-13-16-32-19-20-7-5-4-6-8-20)29-22-11-14-30(15-12-22)18-21-9-10-24(31-2)23(26)17-21;/h4-10,17,22H,3,11-16,18-19H2,1-2H3,(H2,27,28,29);1H. The zero-order valence-corrected chi connectivity index (χ0v) is 21.9. The van der Waals surface area contributed by atoms with Gasteiger partial charge < -0.3 is 20.1 Å². The molecule has 1 fully saturated rings. The summed E-state index contributed by atoms with van der Waals surface area (Å²) in [6.07, 6.45) is 2.04. The predicted molar refractivity (Wildman–Crippen MR) is 142 cm³/mol. The number of likely N-dealkylation sites (tertiary alicyclic amines) is 1. The molecule has 6 nitrogen and oxygen atoms in total. The van der Waals surface area contributed by atoms with E-state index in [9.17, 15) is 4.39 Å². The number of nitrogens with one attached hydrogen (secondary N) is 2. The number of benzene rings is 2. The molecule has 1 aliphatic rings. The summed E-state index contributed by atoms with van der Waals surface area (Å²) < 4.78 is 24.7. The first kappa shape index (κ1) is 27.3. The van der Waals surface area contributed by atoms with Gasteiger partial charge >= 0.3 is 0 Å². The number of rotatable bonds is 10. The van der Waals surface area contributed by atoms with Crippen molar-refractivity contribution in [3.63, 3.8) is 0 Å². The third-order valence-electron chi connectivity index (χ3n) is 5.51. The highest BCUT2D eigenvalue weighted by atomic mass is 127. The zero-order valence-electron chi connectivity index (χ0n) is 19.6. The molecule has 0 radical (unpaired) electrons. The van der Waals surface area contributed by atoms with Crippen LogP contribution in [0.2, 0.25) is 0 Å². The number of aliphatic imine (C=N–C) groups is 1. The number of guanidine groups is 1. The Bertz CT molecular complexity index is 846. The highest BCUT2D eigenvalue weighted by Crippen LogP contribution is 2.20. The van der Waals surface area contributed by atoms with Crippen LogP contribution in [-0.4, -0.2) is 56.8 Å². The van der Waals surface area contributed by atoms with E-state index in [0.29, 0.717) is 25.8 Å². The van der Waals surface area contributed by atoms with Gasteiger partial charge in [-0.15, -0.1) is 24.0 Å². The fourth-order valence-electron chi connectivity index (χ4n) is 3.80. The summed E-state index contributed by atoms with van der Waals surface area (Å²) in [5, 5.41) is 6.88. The quantitative estimate of drug-likeness (QED) is 0.194. The summed E-state index contributed by atoms with van der Waals surface area (Å²) in [4.78, 5) is 7.02. The fourth-order valence-corrected chi connectivity index (χ4v) is 3.80. The van der Waals surface area contributed by atoms with Gasteiger partial charge in [0.05, 0.1) is 26.9 Å². The molecule has 1 saturated heterocycles. The molecule has 3 rings (SSSR count). The molecule has 0 aromatic heterocycles. The van der Waals surface area contributed by atoms with E-state index in [0.717, 1.165) is 50.5 Å². The molecular formula is C25H36FIN4O2. The van der Waals surface area contributed by atoms with Gasteiger partial charge in [-0.05, 0) is 43.0 Å². The zero-order chi connectivity index (χ0) is 22.6. The molecule has 1 heterocycles. The van der Waals surface area contributed by atoms with Crippen LogP contribution in [0, 0.1) is 5.82 Å². The molecule has 0 atom stereocenters. The van der Waals surface area contributed by atoms with E-state index in [4.69, 9.17) is 9.47 Å². The Morgan fingerprint density at radius 1 is 1.12 bits per heavy atom. The van der Waals surface area contributed by atoms with E-state index < -0.39 is 0 Å². The van der Waals surface area contributed by atoms with Gasteiger partial charge in [-0.3, -0.25) is 9.89 Å². The van der Waals surface area contributed by atoms with Crippen molar-refractivity contribution in [1.82, 2.24) is 15.5 Å². The first-order chi connectivity index (χ1) is 15.7. The van der Waals surface area contributed by atoms with Crippen LogP contribution in [0.3, 0.4) is 0 Å². The molecule has 1 aliphatic heterocycles. The van der Waals surface area contributed by atoms with Gasteiger partial charge in [0.25, 0.3) is 0 Å². The number of piperidine rings is 1. The molecule has 33 heavy (non-hydrogen) atoms. The second-order valence-corrected chi connectivity index (χ2v) is 7.96. The lowest BCUT2D eigenvalue weighted by atomic mass is 10.0. The third-order valence-corrected chi connectivity index (χ3v) is 5.51. The summed E-state index contributed by atoms with van der Waals surface area (Å²) in [6, 6.07) is 15.7. The third kappa shape index (κ3) is 9.46. The Hall–Kier alpha value is -1.91. The molecule has 8 heteroatoms. The van der Waals surface area contributed by atoms with Crippen LogP contribution in [0.5, 0.6) is 5.75 Å². The van der Waals surface area contributed by atoms with E-state index in [1.54, 1.807) is 12.1 Å². The largest absolute Gasteiger partial charge is 0.494 e. The number of hydrogen-bond acceptors (Lipinski definition) is 4. The van der Waals surface area contributed by atoms with Gasteiger partial charge in [-0.1, -0.05) is 36.4 Å². The molecule has 0 saturated carbocycles. The van der Waals surface area contributed by atoms with Crippen molar-refractivity contribution >= 4 is 29.9 Å². The predicted octanol–water partition coefficient (Wildman–Crippen LogP) is 4.19. The van der Waals surface area contributed by atoms with Crippen LogP contribution in [0.25, 0.3) is 0 Å². The van der Waals surface area contributed by atoms with Gasteiger partial charge in [0.2, 0.25) is 0 Å². The lowest BCUT2D eigenvalue weighted by molar-refractivity contribution is 0.128. The van der Waals surface area contributed by atoms with Crippen molar-refractivity contribution in [3.8, 4) is 5.75 Å². The molecule has 0 aliphatic carbocycles. The minimum Gasteiger partial charge on any atom is -0.494 e. The highest BCUT2D eigenvalue weighted by Gasteiger charge is 2.20. The summed E-state index contributed by atoms with van der Waals surface area (Å²) in [6.45, 7) is 7.37. The molecule has 0 amide bonds. The van der Waals surface area contributed by atoms with Crippen LogP contribution in [0.1, 0.15) is 30.9 Å². The van der Waals surface area contributed by atoms with Crippen LogP contribution in [0.4, 0.5) is 4.39 Å². The van der Waals surface area contributed by atoms with Gasteiger partial charge in [-0.2, -0.15) is 0 Å². The van der Waals surface area contributed by atoms with Crippen molar-refractivity contribution in [1.29, 1.82) is 0 Å². The number of ether oxygens (including phenoxy) is 2. The second-order valence-electron chi connectivity index (χ2n) is 7.96. The second kappa shape index (κ2) is 15.1. The van der Waals surface area contributed by atoms with E-state index in [1.165, 1.54) is 12.7 Å². The molecule has 2 aromatic carbocycles. The molecule has 182 valence electrons. The molecule has 2 aromatic rings. The summed E-state index contributed by atoms with van der Waals surface area (Å²) in [5.41, 5.74) is 2.14. The minimum absolute atomic E-state index is 0. The Morgan fingerprint density at radius 2 is 1.88 bits per heavy atom. The first-order valence-corrected chi connectivity index (χ1v) is 11.4. The van der Waals surface area contributed by atoms with Crippen molar-refractivity contribution in [2.45, 2.75) is 39.0 Å². The van der Waals surface area contributed by atoms with E-state index >= 15 is 0 Å². The topological polar surface area (TPSA) is 58.1 Å². The van der Waals surface area contributed by atoms with Crippen molar-refractivity contribution in [2.75, 3.05) is 39.9 Å². The SMILES string of the molecule is CCNC(=NCCOCc1ccccc1)NC1CCN(Cc2ccc(OC)c(F)c2)CC1.I. The van der Waals surface area contributed by atoms with Crippen molar-refractivity contribution in [3.05, 3.63) is 65.5 Å². The number of halogens is 2. The average molecular weight is 570 g/mol. The Morgan fingerprint density at radius 3 is 2.55 bits per heavy atom. The smallest absolute Gasteiger partial charge is 0.191 e.